The number of ether oxygens (including phenoxy) is 2. The van der Waals surface area contributed by atoms with Gasteiger partial charge in [-0.2, -0.15) is 9.97 Å². The number of nitrogens with two attached hydrogens (primary N) is 1. The molecule has 0 unspecified atom stereocenters. The molecule has 0 radical (unpaired) electrons. The number of carbonyl (C=O) groups is 1. The highest BCUT2D eigenvalue weighted by Gasteiger charge is 2.38. The third kappa shape index (κ3) is 6.74. The van der Waals surface area contributed by atoms with Crippen LogP contribution in [0.3, 0.4) is 0 Å². The number of benzene rings is 2. The molecule has 0 aliphatic carbocycles. The Hall–Kier alpha value is -3.79. The quantitative estimate of drug-likeness (QED) is 0.124. The second-order valence-corrected chi connectivity index (χ2v) is 13.5. The molecular formula is C29H34N7O5PS. The van der Waals surface area contributed by atoms with Crippen LogP contribution in [-0.2, 0) is 30.6 Å². The van der Waals surface area contributed by atoms with Gasteiger partial charge >= 0.3 is 12.6 Å². The van der Waals surface area contributed by atoms with Gasteiger partial charge in [-0.15, -0.1) is 6.42 Å². The van der Waals surface area contributed by atoms with E-state index in [0.717, 1.165) is 10.8 Å². The Balaban J connectivity index is 1.38. The molecule has 2 aromatic heterocycles. The smallest absolute Gasteiger partial charge is 0.323 e. The monoisotopic (exact) mass is 623 g/mol. The molecular weight excluding hydrogens is 589 g/mol. The Morgan fingerprint density at radius 2 is 2.02 bits per heavy atom. The maximum atomic E-state index is 12.7. The van der Waals surface area contributed by atoms with Gasteiger partial charge in [0.1, 0.15) is 11.8 Å². The minimum Gasteiger partial charge on any atom is -0.462 e. The first-order chi connectivity index (χ1) is 20.6. The van der Waals surface area contributed by atoms with Crippen molar-refractivity contribution in [1.29, 1.82) is 0 Å². The van der Waals surface area contributed by atoms with E-state index in [-0.39, 0.29) is 24.6 Å². The largest absolute Gasteiger partial charge is 0.462 e. The summed E-state index contributed by atoms with van der Waals surface area (Å²) in [7, 11) is 1.73. The van der Waals surface area contributed by atoms with Crippen molar-refractivity contribution in [2.75, 3.05) is 24.7 Å². The predicted octanol–water partition coefficient (Wildman–Crippen LogP) is 4.39. The second kappa shape index (κ2) is 12.8. The Labute approximate surface area is 254 Å². The fourth-order valence-electron chi connectivity index (χ4n) is 4.86. The molecule has 4 aromatic rings. The van der Waals surface area contributed by atoms with Crippen LogP contribution >= 0.6 is 6.64 Å². The van der Waals surface area contributed by atoms with Crippen molar-refractivity contribution in [3.63, 3.8) is 0 Å². The highest BCUT2D eigenvalue weighted by molar-refractivity contribution is 8.09. The molecule has 12 nitrogen and oxygen atoms in total. The van der Waals surface area contributed by atoms with Gasteiger partial charge in [0.2, 0.25) is 5.95 Å². The van der Waals surface area contributed by atoms with Gasteiger partial charge in [-0.3, -0.25) is 9.36 Å². The predicted molar refractivity (Wildman–Crippen MR) is 169 cm³/mol. The van der Waals surface area contributed by atoms with Gasteiger partial charge in [-0.25, -0.2) is 10.1 Å². The zero-order valence-electron chi connectivity index (χ0n) is 24.3. The van der Waals surface area contributed by atoms with Crippen LogP contribution in [0, 0.1) is 18.3 Å². The second-order valence-electron chi connectivity index (χ2n) is 10.4. The van der Waals surface area contributed by atoms with Crippen LogP contribution in [0.2, 0.25) is 0 Å². The summed E-state index contributed by atoms with van der Waals surface area (Å²) in [5, 5.41) is 7.92. The zero-order chi connectivity index (χ0) is 30.7. The zero-order valence-corrected chi connectivity index (χ0v) is 26.0. The summed E-state index contributed by atoms with van der Waals surface area (Å²) in [4.78, 5) is 25.7. The molecule has 0 saturated carbocycles. The highest BCUT2D eigenvalue weighted by Crippen LogP contribution is 2.48. The average Bonchev–Trinajstić information content (AvgIpc) is 3.59. The summed E-state index contributed by atoms with van der Waals surface area (Å²) < 4.78 is 26.2. The summed E-state index contributed by atoms with van der Waals surface area (Å²) >= 11 is 5.96. The maximum Gasteiger partial charge on any atom is 0.323 e. The molecule has 0 spiro atoms. The molecule has 2 aromatic carbocycles. The minimum absolute atomic E-state index is 0.0567. The van der Waals surface area contributed by atoms with Gasteiger partial charge in [-0.05, 0) is 50.5 Å². The van der Waals surface area contributed by atoms with Crippen molar-refractivity contribution < 1.29 is 23.3 Å². The van der Waals surface area contributed by atoms with E-state index in [1.54, 1.807) is 38.7 Å². The normalized spacial score (nSPS) is 20.5. The number of terminal acetylenes is 1. The number of nitrogens with zero attached hydrogens (tertiary/aromatic N) is 4. The van der Waals surface area contributed by atoms with Gasteiger partial charge in [0.05, 0.1) is 31.1 Å². The number of nitrogen functional groups attached to an aromatic ring is 1. The third-order valence-electron chi connectivity index (χ3n) is 6.81. The van der Waals surface area contributed by atoms with Gasteiger partial charge in [-0.1, -0.05) is 42.3 Å². The number of hydrogen-bond donors (Lipinski definition) is 3. The molecule has 0 bridgehead atoms. The van der Waals surface area contributed by atoms with Crippen LogP contribution < -0.4 is 20.7 Å². The Morgan fingerprint density at radius 1 is 1.26 bits per heavy atom. The number of hydrogen-bond acceptors (Lipinski definition) is 11. The first kappa shape index (κ1) is 30.7. The highest BCUT2D eigenvalue weighted by atomic mass is 32.5. The van der Waals surface area contributed by atoms with E-state index in [4.69, 9.17) is 42.5 Å². The number of aromatic nitrogens is 4. The Morgan fingerprint density at radius 3 is 2.77 bits per heavy atom. The standard InChI is InChI=1S/C29H34N7O5PS/c1-6-19-14-21(40-27(19)36-16-32-24-25(31-5)33-29(30)34-26(24)36)15-38-42(43,35-18(4)28(37)39-17(2)3)41-23-13-9-11-20-10-7-8-12-22(20)23/h1,7-13,16-19,21,27H,14-15H2,2-5H3,(H,35,43)(H3,30,31,33,34)/t18-,19+,21+,27-,42+/m1/s1. The van der Waals surface area contributed by atoms with Gasteiger partial charge < -0.3 is 29.6 Å². The molecule has 1 saturated heterocycles. The first-order valence-electron chi connectivity index (χ1n) is 13.8. The molecule has 1 fully saturated rings. The van der Waals surface area contributed by atoms with E-state index in [0.29, 0.717) is 29.2 Å². The topological polar surface area (TPSA) is 148 Å². The van der Waals surface area contributed by atoms with Crippen molar-refractivity contribution in [1.82, 2.24) is 24.6 Å². The number of anilines is 2. The summed E-state index contributed by atoms with van der Waals surface area (Å²) in [5.41, 5.74) is 6.97. The molecule has 43 heavy (non-hydrogen) atoms. The maximum absolute atomic E-state index is 12.7. The third-order valence-corrected chi connectivity index (χ3v) is 9.30. The Kier molecular flexibility index (Phi) is 9.15. The van der Waals surface area contributed by atoms with Crippen molar-refractivity contribution in [3.05, 3.63) is 48.8 Å². The molecule has 1 aliphatic rings. The molecule has 0 amide bonds. The molecule has 226 valence electrons. The van der Waals surface area contributed by atoms with Crippen LogP contribution in [0.4, 0.5) is 11.8 Å². The number of imidazole rings is 1. The summed E-state index contributed by atoms with van der Waals surface area (Å²) in [6, 6.07) is 12.7. The minimum atomic E-state index is -3.33. The van der Waals surface area contributed by atoms with E-state index in [9.17, 15) is 4.79 Å². The number of nitrogens with one attached hydrogen (secondary N) is 2. The van der Waals surface area contributed by atoms with E-state index in [1.807, 2.05) is 42.5 Å². The Bertz CT molecular complexity index is 1720. The summed E-state index contributed by atoms with van der Waals surface area (Å²) in [6.45, 7) is 1.95. The van der Waals surface area contributed by atoms with Crippen LogP contribution in [0.5, 0.6) is 5.75 Å². The number of fused-ring (bicyclic) bond motifs is 2. The number of carbonyl (C=O) groups excluding carboxylic acids is 1. The van der Waals surface area contributed by atoms with E-state index in [2.05, 4.69) is 31.3 Å². The molecule has 1 aliphatic heterocycles. The summed E-state index contributed by atoms with van der Waals surface area (Å²) in [6.07, 6.45) is 6.70. The van der Waals surface area contributed by atoms with Crippen LogP contribution in [0.25, 0.3) is 21.9 Å². The van der Waals surface area contributed by atoms with Crippen molar-refractivity contribution in [3.8, 4) is 18.1 Å². The number of rotatable bonds is 11. The van der Waals surface area contributed by atoms with E-state index < -0.39 is 31.0 Å². The van der Waals surface area contributed by atoms with E-state index in [1.165, 1.54) is 0 Å². The van der Waals surface area contributed by atoms with E-state index >= 15 is 0 Å². The lowest BCUT2D eigenvalue weighted by Gasteiger charge is -2.28. The molecule has 4 N–H and O–H groups in total. The lowest BCUT2D eigenvalue weighted by atomic mass is 10.0. The van der Waals surface area contributed by atoms with Crippen molar-refractivity contribution in [2.24, 2.45) is 5.92 Å². The fraction of sp³-hybridized carbons (Fsp3) is 0.379. The van der Waals surface area contributed by atoms with Gasteiger partial charge in [0.15, 0.2) is 23.2 Å². The van der Waals surface area contributed by atoms with Crippen LogP contribution in [-0.4, -0.2) is 57.4 Å². The molecule has 3 heterocycles. The molecule has 5 atom stereocenters. The van der Waals surface area contributed by atoms with Crippen molar-refractivity contribution >= 4 is 58.1 Å². The average molecular weight is 624 g/mol. The lowest BCUT2D eigenvalue weighted by Crippen LogP contribution is -2.36. The van der Waals surface area contributed by atoms with Gasteiger partial charge in [0.25, 0.3) is 0 Å². The first-order valence-corrected chi connectivity index (χ1v) is 16.4. The van der Waals surface area contributed by atoms with Crippen molar-refractivity contribution in [2.45, 2.75) is 51.7 Å². The SMILES string of the molecule is C#C[C@H]1C[C@@H](CO[P@@](=S)(N[C@H](C)C(=O)OC(C)C)Oc2cccc3ccccc23)O[C@H]1n1cnc2c(NC)nc(N)nc21. The van der Waals surface area contributed by atoms with Crippen LogP contribution in [0.1, 0.15) is 33.4 Å². The fourth-order valence-corrected chi connectivity index (χ4v) is 7.30. The lowest BCUT2D eigenvalue weighted by molar-refractivity contribution is -0.149. The number of esters is 1. The molecule has 14 heteroatoms. The summed E-state index contributed by atoms with van der Waals surface area (Å²) in [5.74, 6) is 3.17. The molecule has 5 rings (SSSR count). The van der Waals surface area contributed by atoms with Crippen LogP contribution in [0.15, 0.2) is 48.8 Å². The van der Waals surface area contributed by atoms with Gasteiger partial charge in [0, 0.05) is 12.4 Å².